The molecule has 3 aromatic rings. The summed E-state index contributed by atoms with van der Waals surface area (Å²) in [6.45, 7) is 3.08. The van der Waals surface area contributed by atoms with Crippen molar-refractivity contribution >= 4 is 10.1 Å². The molecule has 0 bridgehead atoms. The maximum absolute atomic E-state index is 10.7. The van der Waals surface area contributed by atoms with Crippen LogP contribution in [0, 0.1) is 23.7 Å². The van der Waals surface area contributed by atoms with Crippen LogP contribution in [0.5, 0.6) is 11.5 Å². The molecule has 0 aromatic heterocycles. The van der Waals surface area contributed by atoms with Crippen molar-refractivity contribution < 1.29 is 22.4 Å². The molecule has 6 heteroatoms. The molecule has 0 aliphatic carbocycles. The largest absolute Gasteiger partial charge is 0.494 e. The molecule has 3 rings (SSSR count). The molecule has 3 aromatic carbocycles. The molecule has 0 radical (unpaired) electrons. The molecule has 0 amide bonds. The van der Waals surface area contributed by atoms with E-state index in [1.807, 2.05) is 60.7 Å². The van der Waals surface area contributed by atoms with Crippen molar-refractivity contribution in [3.8, 4) is 35.2 Å². The zero-order valence-corrected chi connectivity index (χ0v) is 20.5. The van der Waals surface area contributed by atoms with E-state index in [0.717, 1.165) is 47.5 Å². The standard InChI is InChI=1S/C29H28O5S/c1-2-3-21-33-28-17-13-26(14-18-28)11-9-24-5-7-25(8-6-24)10-12-27-15-19-29(20-16-27)34-22-4-23-35(30,31)32/h5-8,13-20H,2-4,21-23H2,1H3,(H,30,31,32). The molecule has 0 saturated carbocycles. The van der Waals surface area contributed by atoms with Gasteiger partial charge in [-0.15, -0.1) is 0 Å². The quantitative estimate of drug-likeness (QED) is 0.251. The molecule has 5 nitrogen and oxygen atoms in total. The third-order valence-corrected chi connectivity index (χ3v) is 5.68. The van der Waals surface area contributed by atoms with Gasteiger partial charge in [0.1, 0.15) is 11.5 Å². The topological polar surface area (TPSA) is 72.8 Å². The van der Waals surface area contributed by atoms with Gasteiger partial charge in [-0.05, 0) is 85.6 Å². The molecule has 0 atom stereocenters. The zero-order valence-electron chi connectivity index (χ0n) is 19.7. The van der Waals surface area contributed by atoms with Gasteiger partial charge in [0.15, 0.2) is 0 Å². The number of unbranched alkanes of at least 4 members (excludes halogenated alkanes) is 1. The van der Waals surface area contributed by atoms with Gasteiger partial charge in [-0.1, -0.05) is 37.0 Å². The van der Waals surface area contributed by atoms with E-state index in [1.165, 1.54) is 0 Å². The van der Waals surface area contributed by atoms with Crippen molar-refractivity contribution in [1.29, 1.82) is 0 Å². The summed E-state index contributed by atoms with van der Waals surface area (Å²) in [4.78, 5) is 0. The van der Waals surface area contributed by atoms with E-state index in [9.17, 15) is 8.42 Å². The van der Waals surface area contributed by atoms with Crippen LogP contribution in [0.3, 0.4) is 0 Å². The zero-order chi connectivity index (χ0) is 24.9. The Morgan fingerprint density at radius 3 is 1.31 bits per heavy atom. The predicted octanol–water partition coefficient (Wildman–Crippen LogP) is 5.32. The first-order chi connectivity index (χ1) is 16.9. The molecule has 0 heterocycles. The summed E-state index contributed by atoms with van der Waals surface area (Å²) in [6, 6.07) is 22.8. The molecule has 0 spiro atoms. The van der Waals surface area contributed by atoms with Gasteiger partial charge in [-0.25, -0.2) is 0 Å². The van der Waals surface area contributed by atoms with Crippen LogP contribution in [0.25, 0.3) is 0 Å². The van der Waals surface area contributed by atoms with E-state index in [1.54, 1.807) is 12.1 Å². The Morgan fingerprint density at radius 1 is 0.629 bits per heavy atom. The average Bonchev–Trinajstić information content (AvgIpc) is 2.86. The summed E-state index contributed by atoms with van der Waals surface area (Å²) < 4.78 is 41.3. The smallest absolute Gasteiger partial charge is 0.264 e. The Bertz CT molecular complexity index is 1300. The summed E-state index contributed by atoms with van der Waals surface area (Å²) in [5, 5.41) is 0. The van der Waals surface area contributed by atoms with Crippen molar-refractivity contribution in [2.45, 2.75) is 26.2 Å². The second-order valence-corrected chi connectivity index (χ2v) is 9.39. The first-order valence-electron chi connectivity index (χ1n) is 11.5. The van der Waals surface area contributed by atoms with Gasteiger partial charge in [-0.2, -0.15) is 8.42 Å². The predicted molar refractivity (Wildman–Crippen MR) is 138 cm³/mol. The van der Waals surface area contributed by atoms with Gasteiger partial charge in [0.05, 0.1) is 19.0 Å². The summed E-state index contributed by atoms with van der Waals surface area (Å²) >= 11 is 0. The van der Waals surface area contributed by atoms with Gasteiger partial charge in [0, 0.05) is 22.3 Å². The normalized spacial score (nSPS) is 10.5. The van der Waals surface area contributed by atoms with Gasteiger partial charge in [0.2, 0.25) is 0 Å². The Kier molecular flexibility index (Phi) is 9.80. The van der Waals surface area contributed by atoms with Crippen LogP contribution in [0.4, 0.5) is 0 Å². The molecule has 35 heavy (non-hydrogen) atoms. The number of benzene rings is 3. The molecule has 0 unspecified atom stereocenters. The third kappa shape index (κ3) is 9.98. The minimum Gasteiger partial charge on any atom is -0.494 e. The van der Waals surface area contributed by atoms with E-state index < -0.39 is 10.1 Å². The van der Waals surface area contributed by atoms with Crippen LogP contribution in [0.1, 0.15) is 48.4 Å². The van der Waals surface area contributed by atoms with Gasteiger partial charge in [0.25, 0.3) is 10.1 Å². The van der Waals surface area contributed by atoms with Gasteiger partial charge < -0.3 is 9.47 Å². The lowest BCUT2D eigenvalue weighted by atomic mass is 10.1. The average molecular weight is 489 g/mol. The highest BCUT2D eigenvalue weighted by molar-refractivity contribution is 7.85. The minimum atomic E-state index is -3.95. The highest BCUT2D eigenvalue weighted by Crippen LogP contribution is 2.13. The van der Waals surface area contributed by atoms with E-state index >= 15 is 0 Å². The molecular formula is C29H28O5S. The molecule has 1 N–H and O–H groups in total. The van der Waals surface area contributed by atoms with Crippen LogP contribution in [0.2, 0.25) is 0 Å². The van der Waals surface area contributed by atoms with Gasteiger partial charge in [-0.3, -0.25) is 4.55 Å². The fraction of sp³-hybridized carbons (Fsp3) is 0.241. The van der Waals surface area contributed by atoms with Crippen molar-refractivity contribution in [1.82, 2.24) is 0 Å². The van der Waals surface area contributed by atoms with Crippen LogP contribution >= 0.6 is 0 Å². The maximum atomic E-state index is 10.7. The fourth-order valence-corrected chi connectivity index (χ4v) is 3.44. The highest BCUT2D eigenvalue weighted by atomic mass is 32.2. The first-order valence-corrected chi connectivity index (χ1v) is 13.1. The van der Waals surface area contributed by atoms with E-state index in [4.69, 9.17) is 14.0 Å². The number of ether oxygens (including phenoxy) is 2. The second kappa shape index (κ2) is 13.2. The molecule has 0 aliphatic heterocycles. The lowest BCUT2D eigenvalue weighted by Gasteiger charge is -2.05. The van der Waals surface area contributed by atoms with Crippen molar-refractivity contribution in [2.75, 3.05) is 19.0 Å². The summed E-state index contributed by atoms with van der Waals surface area (Å²) in [7, 11) is -3.95. The van der Waals surface area contributed by atoms with E-state index in [-0.39, 0.29) is 18.8 Å². The highest BCUT2D eigenvalue weighted by Gasteiger charge is 2.03. The Morgan fingerprint density at radius 2 is 0.971 bits per heavy atom. The SMILES string of the molecule is CCCCOc1ccc(C#Cc2ccc(C#Cc3ccc(OCCCS(=O)(=O)O)cc3)cc2)cc1. The summed E-state index contributed by atoms with van der Waals surface area (Å²) in [6.07, 6.45) is 2.39. The Hall–Kier alpha value is -3.71. The number of hydrogen-bond acceptors (Lipinski definition) is 4. The van der Waals surface area contributed by atoms with Gasteiger partial charge >= 0.3 is 0 Å². The first kappa shape index (κ1) is 25.9. The number of rotatable bonds is 9. The lowest BCUT2D eigenvalue weighted by Crippen LogP contribution is -2.08. The van der Waals surface area contributed by atoms with Crippen LogP contribution in [0.15, 0.2) is 72.8 Å². The van der Waals surface area contributed by atoms with Crippen LogP contribution < -0.4 is 9.47 Å². The van der Waals surface area contributed by atoms with Crippen molar-refractivity contribution in [3.63, 3.8) is 0 Å². The molecular weight excluding hydrogens is 460 g/mol. The maximum Gasteiger partial charge on any atom is 0.264 e. The lowest BCUT2D eigenvalue weighted by molar-refractivity contribution is 0.309. The minimum absolute atomic E-state index is 0.207. The van der Waals surface area contributed by atoms with E-state index in [2.05, 4.69) is 30.6 Å². The Balaban J connectivity index is 1.51. The summed E-state index contributed by atoms with van der Waals surface area (Å²) in [5.41, 5.74) is 3.56. The molecule has 180 valence electrons. The monoisotopic (exact) mass is 488 g/mol. The van der Waals surface area contributed by atoms with Crippen LogP contribution in [-0.4, -0.2) is 31.9 Å². The molecule has 0 aliphatic rings. The van der Waals surface area contributed by atoms with Crippen LogP contribution in [-0.2, 0) is 10.1 Å². The number of hydrogen-bond donors (Lipinski definition) is 1. The fourth-order valence-electron chi connectivity index (χ4n) is 2.96. The summed E-state index contributed by atoms with van der Waals surface area (Å²) in [5.74, 6) is 13.7. The van der Waals surface area contributed by atoms with Crippen molar-refractivity contribution in [3.05, 3.63) is 95.1 Å². The third-order valence-electron chi connectivity index (χ3n) is 4.88. The van der Waals surface area contributed by atoms with Crippen molar-refractivity contribution in [2.24, 2.45) is 0 Å². The van der Waals surface area contributed by atoms with E-state index in [0.29, 0.717) is 5.75 Å². The Labute approximate surface area is 207 Å². The molecule has 0 fully saturated rings. The second-order valence-electron chi connectivity index (χ2n) is 7.82. The molecule has 0 saturated heterocycles.